The Hall–Kier alpha value is -1.93. The van der Waals surface area contributed by atoms with Gasteiger partial charge in [-0.05, 0) is 25.1 Å². The first-order chi connectivity index (χ1) is 9.04. The Morgan fingerprint density at radius 1 is 1.37 bits per heavy atom. The molecule has 8 heteroatoms. The number of hydrogen-bond donors (Lipinski definition) is 2. The molecule has 3 rings (SSSR count). The monoisotopic (exact) mass is 294 g/mol. The number of nitrogens with one attached hydrogen (secondary N) is 2. The molecular weight excluding hydrogens is 284 g/mol. The van der Waals surface area contributed by atoms with Gasteiger partial charge in [-0.1, -0.05) is 0 Å². The highest BCUT2D eigenvalue weighted by atomic mass is 32.2. The molecule has 0 bridgehead atoms. The van der Waals surface area contributed by atoms with Crippen LogP contribution in [0, 0.1) is 6.92 Å². The molecule has 2 heterocycles. The van der Waals surface area contributed by atoms with E-state index in [0.717, 1.165) is 11.3 Å². The van der Waals surface area contributed by atoms with E-state index in [9.17, 15) is 8.42 Å². The number of thiazole rings is 1. The first kappa shape index (κ1) is 12.1. The number of H-pyrrole nitrogens is 1. The Bertz CT molecular complexity index is 822. The van der Waals surface area contributed by atoms with Gasteiger partial charge in [0.2, 0.25) is 0 Å². The van der Waals surface area contributed by atoms with Crippen molar-refractivity contribution in [1.29, 1.82) is 0 Å². The van der Waals surface area contributed by atoms with Gasteiger partial charge in [0.15, 0.2) is 5.13 Å². The lowest BCUT2D eigenvalue weighted by Gasteiger charge is -2.04. The number of hydrogen-bond acceptors (Lipinski definition) is 5. The van der Waals surface area contributed by atoms with E-state index >= 15 is 0 Å². The van der Waals surface area contributed by atoms with Gasteiger partial charge in [0, 0.05) is 11.6 Å². The zero-order valence-electron chi connectivity index (χ0n) is 9.91. The molecular formula is C11H10N4O2S2. The topological polar surface area (TPSA) is 87.7 Å². The molecule has 6 nitrogen and oxygen atoms in total. The minimum Gasteiger partial charge on any atom is -0.342 e. The molecule has 2 N–H and O–H groups in total. The van der Waals surface area contributed by atoms with Crippen molar-refractivity contribution in [3.8, 4) is 0 Å². The maximum absolute atomic E-state index is 12.2. The van der Waals surface area contributed by atoms with Crippen molar-refractivity contribution in [3.63, 3.8) is 0 Å². The molecule has 2 aromatic heterocycles. The zero-order chi connectivity index (χ0) is 13.5. The fourth-order valence-electron chi connectivity index (χ4n) is 1.73. The third-order valence-corrected chi connectivity index (χ3v) is 4.69. The predicted octanol–water partition coefficient (Wildman–Crippen LogP) is 2.13. The first-order valence-corrected chi connectivity index (χ1v) is 7.79. The first-order valence-electron chi connectivity index (χ1n) is 5.43. The van der Waals surface area contributed by atoms with Crippen LogP contribution in [-0.2, 0) is 10.0 Å². The Morgan fingerprint density at radius 2 is 2.21 bits per heavy atom. The van der Waals surface area contributed by atoms with Crippen molar-refractivity contribution in [1.82, 2.24) is 15.0 Å². The minimum absolute atomic E-state index is 0.179. The lowest BCUT2D eigenvalue weighted by atomic mass is 10.3. The van der Waals surface area contributed by atoms with E-state index in [1.165, 1.54) is 17.4 Å². The fraction of sp³-hybridized carbons (Fsp3) is 0.0909. The summed E-state index contributed by atoms with van der Waals surface area (Å²) < 4.78 is 26.8. The molecule has 98 valence electrons. The average Bonchev–Trinajstić information content (AvgIpc) is 2.95. The Morgan fingerprint density at radius 3 is 2.95 bits per heavy atom. The Labute approximate surface area is 113 Å². The number of sulfonamides is 1. The van der Waals surface area contributed by atoms with Crippen molar-refractivity contribution in [2.24, 2.45) is 0 Å². The summed E-state index contributed by atoms with van der Waals surface area (Å²) in [6.45, 7) is 1.82. The zero-order valence-corrected chi connectivity index (χ0v) is 11.5. The van der Waals surface area contributed by atoms with Crippen LogP contribution in [0.4, 0.5) is 5.13 Å². The summed E-state index contributed by atoms with van der Waals surface area (Å²) in [6.07, 6.45) is 1.55. The number of anilines is 1. The molecule has 0 unspecified atom stereocenters. The number of nitrogens with zero attached hydrogens (tertiary/aromatic N) is 2. The number of fused-ring (bicyclic) bond motifs is 1. The highest BCUT2D eigenvalue weighted by molar-refractivity contribution is 7.93. The van der Waals surface area contributed by atoms with Crippen molar-refractivity contribution in [2.45, 2.75) is 11.8 Å². The molecule has 0 aliphatic carbocycles. The molecule has 19 heavy (non-hydrogen) atoms. The van der Waals surface area contributed by atoms with Gasteiger partial charge in [0.05, 0.1) is 15.9 Å². The van der Waals surface area contributed by atoms with Crippen LogP contribution in [0.25, 0.3) is 11.0 Å². The fourth-order valence-corrected chi connectivity index (χ4v) is 3.55. The number of rotatable bonds is 3. The van der Waals surface area contributed by atoms with Crippen molar-refractivity contribution < 1.29 is 8.42 Å². The molecule has 1 aromatic carbocycles. The smallest absolute Gasteiger partial charge is 0.263 e. The van der Waals surface area contributed by atoms with Crippen molar-refractivity contribution in [3.05, 3.63) is 35.6 Å². The van der Waals surface area contributed by atoms with E-state index in [0.29, 0.717) is 10.6 Å². The van der Waals surface area contributed by atoms with Gasteiger partial charge in [-0.15, -0.1) is 11.3 Å². The van der Waals surface area contributed by atoms with Gasteiger partial charge in [-0.25, -0.2) is 18.4 Å². The van der Waals surface area contributed by atoms with Crippen LogP contribution in [0.5, 0.6) is 0 Å². The molecule has 3 aromatic rings. The van der Waals surface area contributed by atoms with Crippen molar-refractivity contribution >= 4 is 37.5 Å². The second kappa shape index (κ2) is 4.32. The lowest BCUT2D eigenvalue weighted by Crippen LogP contribution is -2.12. The van der Waals surface area contributed by atoms with Crippen LogP contribution in [-0.4, -0.2) is 23.4 Å². The van der Waals surface area contributed by atoms with Crippen molar-refractivity contribution in [2.75, 3.05) is 4.72 Å². The van der Waals surface area contributed by atoms with E-state index in [2.05, 4.69) is 19.7 Å². The van der Waals surface area contributed by atoms with Crippen LogP contribution in [0.2, 0.25) is 0 Å². The van der Waals surface area contributed by atoms with E-state index < -0.39 is 10.0 Å². The van der Waals surface area contributed by atoms with Gasteiger partial charge in [-0.3, -0.25) is 4.72 Å². The standard InChI is InChI=1S/C11H10N4O2S2/c1-7-13-9-3-2-8(6-10(9)14-7)19(16,17)15-11-12-4-5-18-11/h2-6H,1H3,(H,12,15)(H,13,14). The maximum atomic E-state index is 12.2. The van der Waals surface area contributed by atoms with E-state index in [4.69, 9.17) is 0 Å². The Kier molecular flexibility index (Phi) is 2.76. The molecule has 0 atom stereocenters. The number of benzene rings is 1. The molecule has 0 aliphatic heterocycles. The average molecular weight is 294 g/mol. The summed E-state index contributed by atoms with van der Waals surface area (Å²) in [4.78, 5) is 11.3. The van der Waals surface area contributed by atoms with Gasteiger partial charge in [-0.2, -0.15) is 0 Å². The molecule has 0 amide bonds. The second-order valence-electron chi connectivity index (χ2n) is 3.94. The molecule has 0 radical (unpaired) electrons. The highest BCUT2D eigenvalue weighted by Gasteiger charge is 2.16. The Balaban J connectivity index is 2.02. The summed E-state index contributed by atoms with van der Waals surface area (Å²) in [5.41, 5.74) is 1.44. The molecule has 0 saturated heterocycles. The summed E-state index contributed by atoms with van der Waals surface area (Å²) in [5.74, 6) is 0.748. The van der Waals surface area contributed by atoms with Gasteiger partial charge in [0.1, 0.15) is 5.82 Å². The van der Waals surface area contributed by atoms with E-state index in [-0.39, 0.29) is 4.90 Å². The largest absolute Gasteiger partial charge is 0.342 e. The minimum atomic E-state index is -3.62. The highest BCUT2D eigenvalue weighted by Crippen LogP contribution is 2.21. The van der Waals surface area contributed by atoms with Crippen LogP contribution in [0.1, 0.15) is 5.82 Å². The molecule has 0 spiro atoms. The number of imidazole rings is 1. The quantitative estimate of drug-likeness (QED) is 0.774. The van der Waals surface area contributed by atoms with Gasteiger partial charge >= 0.3 is 0 Å². The molecule has 0 saturated carbocycles. The third kappa shape index (κ3) is 2.32. The van der Waals surface area contributed by atoms with Crippen LogP contribution in [0.15, 0.2) is 34.7 Å². The SMILES string of the molecule is Cc1nc2ccc(S(=O)(=O)Nc3nccs3)cc2[nH]1. The summed E-state index contributed by atoms with van der Waals surface area (Å²) in [7, 11) is -3.62. The van der Waals surface area contributed by atoms with Crippen LogP contribution < -0.4 is 4.72 Å². The third-order valence-electron chi connectivity index (χ3n) is 2.54. The lowest BCUT2D eigenvalue weighted by molar-refractivity contribution is 0.601. The predicted molar refractivity (Wildman–Crippen MR) is 73.8 cm³/mol. The summed E-state index contributed by atoms with van der Waals surface area (Å²) in [5, 5.41) is 2.06. The van der Waals surface area contributed by atoms with E-state index in [1.54, 1.807) is 23.7 Å². The van der Waals surface area contributed by atoms with Crippen LogP contribution >= 0.6 is 11.3 Å². The number of aromatic amines is 1. The molecule has 0 aliphatic rings. The van der Waals surface area contributed by atoms with Gasteiger partial charge < -0.3 is 4.98 Å². The molecule has 0 fully saturated rings. The van der Waals surface area contributed by atoms with Gasteiger partial charge in [0.25, 0.3) is 10.0 Å². The number of aromatic nitrogens is 3. The maximum Gasteiger partial charge on any atom is 0.263 e. The van der Waals surface area contributed by atoms with E-state index in [1.807, 2.05) is 6.92 Å². The summed E-state index contributed by atoms with van der Waals surface area (Å²) in [6, 6.07) is 4.76. The summed E-state index contributed by atoms with van der Waals surface area (Å²) >= 11 is 1.23. The normalized spacial score (nSPS) is 11.8. The second-order valence-corrected chi connectivity index (χ2v) is 6.52. The number of aryl methyl sites for hydroxylation is 1. The van der Waals surface area contributed by atoms with Crippen LogP contribution in [0.3, 0.4) is 0 Å².